The zero-order chi connectivity index (χ0) is 20.5. The number of carbonyl (C=O) groups excluding carboxylic acids is 1. The molecule has 28 heavy (non-hydrogen) atoms. The number of urea groups is 1. The molecule has 160 valence electrons. The van der Waals surface area contributed by atoms with Gasteiger partial charge in [-0.15, -0.1) is 0 Å². The van der Waals surface area contributed by atoms with E-state index in [4.69, 9.17) is 0 Å². The molecule has 2 amide bonds. The normalized spacial score (nSPS) is 10.8. The van der Waals surface area contributed by atoms with E-state index in [-0.39, 0.29) is 17.5 Å². The molecule has 1 rings (SSSR count). The molecule has 0 aromatic carbocycles. The number of unbranched alkanes of at least 4 members (excludes halogenated alkanes) is 11. The van der Waals surface area contributed by atoms with Gasteiger partial charge in [-0.3, -0.25) is 15.1 Å². The van der Waals surface area contributed by atoms with Gasteiger partial charge in [0.05, 0.1) is 0 Å². The van der Waals surface area contributed by atoms with Gasteiger partial charge in [0, 0.05) is 18.3 Å². The molecule has 3 N–H and O–H groups in total. The smallest absolute Gasteiger partial charge is 0.321 e. The molecule has 1 aromatic heterocycles. The first-order valence-corrected chi connectivity index (χ1v) is 11.3. The number of amides is 2. The second-order valence-corrected chi connectivity index (χ2v) is 7.61. The number of anilines is 1. The van der Waals surface area contributed by atoms with E-state index in [1.807, 2.05) is 0 Å². The van der Waals surface area contributed by atoms with Gasteiger partial charge < -0.3 is 5.32 Å². The summed E-state index contributed by atoms with van der Waals surface area (Å²) in [5.41, 5.74) is 0.514. The second kappa shape index (κ2) is 16.1. The van der Waals surface area contributed by atoms with Crippen molar-refractivity contribution in [3.63, 3.8) is 0 Å². The predicted octanol–water partition coefficient (Wildman–Crippen LogP) is 5.55. The van der Waals surface area contributed by atoms with Crippen LogP contribution >= 0.6 is 0 Å². The first-order chi connectivity index (χ1) is 13.7. The molecular formula is C22H40N4O2. The maximum atomic E-state index is 11.8. The van der Waals surface area contributed by atoms with Crippen LogP contribution < -0.4 is 16.2 Å². The molecular weight excluding hydrogens is 355 g/mol. The molecule has 0 saturated carbocycles. The molecule has 0 radical (unpaired) electrons. The van der Waals surface area contributed by atoms with Gasteiger partial charge >= 0.3 is 6.03 Å². The first-order valence-electron chi connectivity index (χ1n) is 11.3. The van der Waals surface area contributed by atoms with Crippen molar-refractivity contribution < 1.29 is 4.79 Å². The Balaban J connectivity index is 2.18. The third-order valence-electron chi connectivity index (χ3n) is 4.88. The van der Waals surface area contributed by atoms with E-state index in [2.05, 4.69) is 34.4 Å². The number of nitrogens with zero attached hydrogens (tertiary/aromatic N) is 1. The summed E-state index contributed by atoms with van der Waals surface area (Å²) in [6, 6.07) is 1.19. The highest BCUT2D eigenvalue weighted by Crippen LogP contribution is 2.12. The third kappa shape index (κ3) is 12.5. The molecule has 0 bridgehead atoms. The van der Waals surface area contributed by atoms with Crippen molar-refractivity contribution in [3.8, 4) is 0 Å². The van der Waals surface area contributed by atoms with Crippen molar-refractivity contribution >= 4 is 12.0 Å². The topological polar surface area (TPSA) is 86.9 Å². The average molecular weight is 396 g/mol. The Kier molecular flexibility index (Phi) is 13.9. The van der Waals surface area contributed by atoms with Gasteiger partial charge in [0.1, 0.15) is 0 Å². The fourth-order valence-electron chi connectivity index (χ4n) is 3.20. The average Bonchev–Trinajstić information content (AvgIpc) is 2.66. The molecule has 0 fully saturated rings. The maximum absolute atomic E-state index is 11.8. The molecule has 1 aromatic rings. The molecule has 0 aliphatic heterocycles. The van der Waals surface area contributed by atoms with Crippen LogP contribution in [0.15, 0.2) is 10.9 Å². The summed E-state index contributed by atoms with van der Waals surface area (Å²) in [5.74, 6) is 0.222. The van der Waals surface area contributed by atoms with Gasteiger partial charge in [-0.25, -0.2) is 9.78 Å². The molecule has 0 aliphatic carbocycles. The highest BCUT2D eigenvalue weighted by atomic mass is 16.2. The van der Waals surface area contributed by atoms with Crippen LogP contribution in [0.4, 0.5) is 10.7 Å². The lowest BCUT2D eigenvalue weighted by Crippen LogP contribution is -2.31. The van der Waals surface area contributed by atoms with Gasteiger partial charge in [-0.2, -0.15) is 0 Å². The molecule has 6 nitrogen and oxygen atoms in total. The number of aromatic nitrogens is 2. The van der Waals surface area contributed by atoms with Crippen LogP contribution in [0.1, 0.15) is 103 Å². The van der Waals surface area contributed by atoms with Crippen LogP contribution in [-0.4, -0.2) is 22.5 Å². The van der Waals surface area contributed by atoms with Gasteiger partial charge in [-0.05, 0) is 19.3 Å². The SMILES string of the molecule is CCCCCCCCCCCCCc1cc(=O)[15nH]c([15NH]C(=O)NCCCC)[15n]1. The van der Waals surface area contributed by atoms with Gasteiger partial charge in [0.25, 0.3) is 5.56 Å². The molecule has 0 saturated heterocycles. The Labute approximate surface area is 170 Å². The Bertz CT molecular complexity index is 586. The van der Waals surface area contributed by atoms with Crippen molar-refractivity contribution in [1.82, 2.24) is 15.3 Å². The van der Waals surface area contributed by atoms with Crippen molar-refractivity contribution in [2.45, 2.75) is 104 Å². The summed E-state index contributed by atoms with van der Waals surface area (Å²) in [4.78, 5) is 30.5. The molecule has 0 atom stereocenters. The summed E-state index contributed by atoms with van der Waals surface area (Å²) in [6.45, 7) is 4.94. The molecule has 0 spiro atoms. The number of nitrogens with one attached hydrogen (secondary N) is 3. The van der Waals surface area contributed by atoms with Crippen LogP contribution in [0, 0.1) is 0 Å². The molecule has 0 aliphatic rings. The van der Waals surface area contributed by atoms with Crippen LogP contribution in [0.2, 0.25) is 0 Å². The maximum Gasteiger partial charge on any atom is 0.321 e. The minimum absolute atomic E-state index is 0.222. The van der Waals surface area contributed by atoms with Gasteiger partial charge in [-0.1, -0.05) is 84.5 Å². The quantitative estimate of drug-likeness (QED) is 0.253. The summed E-state index contributed by atoms with van der Waals surface area (Å²) < 4.78 is 0. The van der Waals surface area contributed by atoms with Crippen molar-refractivity contribution in [2.75, 3.05) is 11.9 Å². The summed E-state index contributed by atoms with van der Waals surface area (Å²) in [7, 11) is 0. The molecule has 1 heterocycles. The summed E-state index contributed by atoms with van der Waals surface area (Å²) in [6.07, 6.45) is 16.9. The van der Waals surface area contributed by atoms with Crippen LogP contribution in [0.25, 0.3) is 0 Å². The van der Waals surface area contributed by atoms with Crippen molar-refractivity contribution in [3.05, 3.63) is 22.1 Å². The fourth-order valence-corrected chi connectivity index (χ4v) is 3.20. The lowest BCUT2D eigenvalue weighted by Gasteiger charge is -2.07. The predicted molar refractivity (Wildman–Crippen MR) is 117 cm³/mol. The number of hydrogen-bond acceptors (Lipinski definition) is 3. The Hall–Kier alpha value is -1.85. The third-order valence-corrected chi connectivity index (χ3v) is 4.88. The first kappa shape index (κ1) is 24.2. The second-order valence-electron chi connectivity index (χ2n) is 7.61. The minimum atomic E-state index is -0.330. The number of aromatic amines is 1. The minimum Gasteiger partial charge on any atom is -0.338 e. The van der Waals surface area contributed by atoms with E-state index in [1.54, 1.807) is 0 Å². The monoisotopic (exact) mass is 395 g/mol. The van der Waals surface area contributed by atoms with Crippen LogP contribution in [0.5, 0.6) is 0 Å². The Morgan fingerprint density at radius 2 is 1.46 bits per heavy atom. The van der Waals surface area contributed by atoms with Gasteiger partial charge in [0.2, 0.25) is 5.95 Å². The molecule has 6 heteroatoms. The van der Waals surface area contributed by atoms with E-state index in [1.165, 1.54) is 63.9 Å². The van der Waals surface area contributed by atoms with E-state index in [0.717, 1.165) is 37.8 Å². The number of carbonyl (C=O) groups is 1. The zero-order valence-corrected chi connectivity index (χ0v) is 17.9. The highest BCUT2D eigenvalue weighted by Gasteiger charge is 2.05. The number of aryl methyl sites for hydroxylation is 1. The largest absolute Gasteiger partial charge is 0.338 e. The van der Waals surface area contributed by atoms with E-state index in [0.29, 0.717) is 6.54 Å². The number of hydrogen-bond donors (Lipinski definition) is 3. The number of H-pyrrole nitrogens is 1. The van der Waals surface area contributed by atoms with Crippen LogP contribution in [0.3, 0.4) is 0 Å². The lowest BCUT2D eigenvalue weighted by atomic mass is 10.0. The number of rotatable bonds is 16. The zero-order valence-electron chi connectivity index (χ0n) is 17.9. The lowest BCUT2D eigenvalue weighted by molar-refractivity contribution is 0.252. The van der Waals surface area contributed by atoms with Gasteiger partial charge in [0.15, 0.2) is 0 Å². The molecule has 0 unspecified atom stereocenters. The summed E-state index contributed by atoms with van der Waals surface area (Å²) >= 11 is 0. The van der Waals surface area contributed by atoms with Crippen LogP contribution in [-0.2, 0) is 6.42 Å². The highest BCUT2D eigenvalue weighted by molar-refractivity contribution is 5.87. The standard InChI is InChI=1S/C22H40N4O2/c1-3-5-7-8-9-10-11-12-13-14-15-16-19-18-20(27)25-21(24-19)26-22(28)23-17-6-4-2/h18H,3-17H2,1-2H3,(H3,23,24,25,26,27,28)/i24+1,25+1,26+1. The Morgan fingerprint density at radius 1 is 0.893 bits per heavy atom. The fraction of sp³-hybridized carbons (Fsp3) is 0.773. The summed E-state index contributed by atoms with van der Waals surface area (Å²) in [5, 5.41) is 5.36. The Morgan fingerprint density at radius 3 is 2.07 bits per heavy atom. The van der Waals surface area contributed by atoms with E-state index >= 15 is 0 Å². The van der Waals surface area contributed by atoms with E-state index in [9.17, 15) is 9.59 Å². The van der Waals surface area contributed by atoms with Crippen molar-refractivity contribution in [1.29, 1.82) is 0 Å². The van der Waals surface area contributed by atoms with E-state index < -0.39 is 0 Å². The van der Waals surface area contributed by atoms with Crippen molar-refractivity contribution in [2.24, 2.45) is 0 Å².